The molecule has 1 aromatic carbocycles. The van der Waals surface area contributed by atoms with Gasteiger partial charge in [-0.2, -0.15) is 0 Å². The predicted molar refractivity (Wildman–Crippen MR) is 81.4 cm³/mol. The molecule has 2 amide bonds. The van der Waals surface area contributed by atoms with Gasteiger partial charge in [-0.1, -0.05) is 44.2 Å². The lowest BCUT2D eigenvalue weighted by Gasteiger charge is -2.38. The second-order valence-corrected chi connectivity index (χ2v) is 5.73. The van der Waals surface area contributed by atoms with Gasteiger partial charge < -0.3 is 10.6 Å². The number of piperazine rings is 1. The second kappa shape index (κ2) is 6.72. The number of carbonyl (C=O) groups is 2. The van der Waals surface area contributed by atoms with E-state index >= 15 is 0 Å². The molecule has 2 N–H and O–H groups in total. The number of nitrogens with two attached hydrogens (primary N) is 1. The summed E-state index contributed by atoms with van der Waals surface area (Å²) >= 11 is 0. The van der Waals surface area contributed by atoms with Gasteiger partial charge in [0.1, 0.15) is 6.04 Å². The van der Waals surface area contributed by atoms with Crippen molar-refractivity contribution in [3.8, 4) is 0 Å². The topological polar surface area (TPSA) is 66.6 Å². The fourth-order valence-electron chi connectivity index (χ4n) is 2.76. The number of hydrogen-bond acceptors (Lipinski definition) is 3. The van der Waals surface area contributed by atoms with E-state index in [9.17, 15) is 9.59 Å². The third-order valence-corrected chi connectivity index (χ3v) is 3.87. The Morgan fingerprint density at radius 1 is 1.05 bits per heavy atom. The first-order valence-corrected chi connectivity index (χ1v) is 7.38. The molecule has 21 heavy (non-hydrogen) atoms. The van der Waals surface area contributed by atoms with Crippen molar-refractivity contribution < 1.29 is 9.59 Å². The summed E-state index contributed by atoms with van der Waals surface area (Å²) in [6.45, 7) is 6.44. The molecule has 1 saturated heterocycles. The molecule has 1 heterocycles. The maximum absolute atomic E-state index is 12.0. The highest BCUT2D eigenvalue weighted by Crippen LogP contribution is 2.22. The molecule has 114 valence electrons. The third kappa shape index (κ3) is 3.61. The summed E-state index contributed by atoms with van der Waals surface area (Å²) in [5.41, 5.74) is 6.49. The van der Waals surface area contributed by atoms with Crippen molar-refractivity contribution in [1.29, 1.82) is 0 Å². The molecule has 0 aliphatic carbocycles. The van der Waals surface area contributed by atoms with Crippen molar-refractivity contribution >= 4 is 11.8 Å². The summed E-state index contributed by atoms with van der Waals surface area (Å²) < 4.78 is 0. The highest BCUT2D eigenvalue weighted by Gasteiger charge is 2.30. The maximum atomic E-state index is 12.0. The Balaban J connectivity index is 2.05. The molecule has 5 nitrogen and oxygen atoms in total. The number of rotatable bonds is 4. The first-order valence-electron chi connectivity index (χ1n) is 7.38. The molecule has 0 bridgehead atoms. The monoisotopic (exact) mass is 289 g/mol. The van der Waals surface area contributed by atoms with E-state index in [0.717, 1.165) is 5.56 Å². The van der Waals surface area contributed by atoms with Crippen molar-refractivity contribution in [2.24, 2.45) is 11.7 Å². The minimum Gasteiger partial charge on any atom is -0.368 e. The predicted octanol–water partition coefficient (Wildman–Crippen LogP) is 1.01. The summed E-state index contributed by atoms with van der Waals surface area (Å²) in [5, 5.41) is 0. The van der Waals surface area contributed by atoms with Gasteiger partial charge in [0.2, 0.25) is 11.8 Å². The van der Waals surface area contributed by atoms with Crippen LogP contribution in [0.3, 0.4) is 0 Å². The summed E-state index contributed by atoms with van der Waals surface area (Å²) in [6, 6.07) is 9.15. The van der Waals surface area contributed by atoms with Crippen LogP contribution in [0.25, 0.3) is 0 Å². The molecule has 0 spiro atoms. The Kier molecular flexibility index (Phi) is 4.96. The number of carbonyl (C=O) groups excluding carboxylic acids is 2. The van der Waals surface area contributed by atoms with E-state index in [1.165, 1.54) is 0 Å². The van der Waals surface area contributed by atoms with E-state index in [2.05, 4.69) is 4.90 Å². The Hall–Kier alpha value is -1.88. The summed E-state index contributed by atoms with van der Waals surface area (Å²) in [5.74, 6) is -0.160. The number of nitrogens with zero attached hydrogens (tertiary/aromatic N) is 2. The molecule has 1 fully saturated rings. The minimum absolute atomic E-state index is 0.0117. The molecule has 2 rings (SSSR count). The molecular weight excluding hydrogens is 266 g/mol. The third-order valence-electron chi connectivity index (χ3n) is 3.87. The lowest BCUT2D eigenvalue weighted by atomic mass is 10.0. The van der Waals surface area contributed by atoms with Crippen molar-refractivity contribution in [2.45, 2.75) is 19.9 Å². The van der Waals surface area contributed by atoms with Crippen LogP contribution in [0.1, 0.15) is 25.5 Å². The molecule has 0 saturated carbocycles. The van der Waals surface area contributed by atoms with Crippen LogP contribution in [0.15, 0.2) is 30.3 Å². The van der Waals surface area contributed by atoms with Gasteiger partial charge in [-0.05, 0) is 5.56 Å². The van der Waals surface area contributed by atoms with Gasteiger partial charge in [-0.3, -0.25) is 14.5 Å². The lowest BCUT2D eigenvalue weighted by Crippen LogP contribution is -2.52. The fourth-order valence-corrected chi connectivity index (χ4v) is 2.76. The standard InChI is InChI=1S/C16H23N3O2/c1-12(2)16(21)19-10-8-18(9-11-19)14(15(17)20)13-6-4-3-5-7-13/h3-7,12,14H,8-11H2,1-2H3,(H2,17,20)/t14-/m0/s1. The lowest BCUT2D eigenvalue weighted by molar-refractivity contribution is -0.137. The molecule has 1 aromatic rings. The van der Waals surface area contributed by atoms with Crippen LogP contribution >= 0.6 is 0 Å². The van der Waals surface area contributed by atoms with Crippen molar-refractivity contribution in [2.75, 3.05) is 26.2 Å². The average molecular weight is 289 g/mol. The Labute approximate surface area is 125 Å². The van der Waals surface area contributed by atoms with Gasteiger partial charge in [0.05, 0.1) is 0 Å². The van der Waals surface area contributed by atoms with Crippen LogP contribution in [0.2, 0.25) is 0 Å². The van der Waals surface area contributed by atoms with Gasteiger partial charge >= 0.3 is 0 Å². The van der Waals surface area contributed by atoms with Crippen LogP contribution in [-0.4, -0.2) is 47.8 Å². The Morgan fingerprint density at radius 3 is 2.10 bits per heavy atom. The van der Waals surface area contributed by atoms with E-state index in [1.54, 1.807) is 0 Å². The van der Waals surface area contributed by atoms with Gasteiger partial charge in [0.15, 0.2) is 0 Å². The zero-order chi connectivity index (χ0) is 15.4. The summed E-state index contributed by atoms with van der Waals surface area (Å²) in [7, 11) is 0. The van der Waals surface area contributed by atoms with E-state index < -0.39 is 6.04 Å². The fraction of sp³-hybridized carbons (Fsp3) is 0.500. The summed E-state index contributed by atoms with van der Waals surface area (Å²) in [6.07, 6.45) is 0. The second-order valence-electron chi connectivity index (χ2n) is 5.73. The summed E-state index contributed by atoms with van der Waals surface area (Å²) in [4.78, 5) is 27.7. The van der Waals surface area contributed by atoms with Crippen LogP contribution in [0, 0.1) is 5.92 Å². The molecule has 0 aromatic heterocycles. The average Bonchev–Trinajstić information content (AvgIpc) is 2.48. The van der Waals surface area contributed by atoms with Crippen LogP contribution in [0.5, 0.6) is 0 Å². The molecule has 1 atom stereocenters. The number of hydrogen-bond donors (Lipinski definition) is 1. The smallest absolute Gasteiger partial charge is 0.239 e. The van der Waals surface area contributed by atoms with Gasteiger partial charge in [0, 0.05) is 32.1 Å². The minimum atomic E-state index is -0.414. The van der Waals surface area contributed by atoms with Gasteiger partial charge in [-0.15, -0.1) is 0 Å². The van der Waals surface area contributed by atoms with Gasteiger partial charge in [0.25, 0.3) is 0 Å². The molecular formula is C16H23N3O2. The highest BCUT2D eigenvalue weighted by molar-refractivity contribution is 5.81. The normalized spacial score (nSPS) is 17.8. The van der Waals surface area contributed by atoms with Gasteiger partial charge in [-0.25, -0.2) is 0 Å². The maximum Gasteiger partial charge on any atom is 0.239 e. The van der Waals surface area contributed by atoms with E-state index in [4.69, 9.17) is 5.73 Å². The number of primary amides is 1. The zero-order valence-electron chi connectivity index (χ0n) is 12.7. The molecule has 1 aliphatic heterocycles. The van der Waals surface area contributed by atoms with Crippen LogP contribution in [0.4, 0.5) is 0 Å². The largest absolute Gasteiger partial charge is 0.368 e. The molecule has 0 radical (unpaired) electrons. The molecule has 1 aliphatic rings. The number of benzene rings is 1. The number of amides is 2. The van der Waals surface area contributed by atoms with Crippen LogP contribution < -0.4 is 5.73 Å². The molecule has 5 heteroatoms. The highest BCUT2D eigenvalue weighted by atomic mass is 16.2. The first kappa shape index (κ1) is 15.5. The van der Waals surface area contributed by atoms with Crippen molar-refractivity contribution in [1.82, 2.24) is 9.80 Å². The van der Waals surface area contributed by atoms with E-state index in [-0.39, 0.29) is 17.7 Å². The van der Waals surface area contributed by atoms with E-state index in [0.29, 0.717) is 26.2 Å². The Bertz CT molecular complexity index is 494. The zero-order valence-corrected chi connectivity index (χ0v) is 12.7. The molecule has 0 unspecified atom stereocenters. The van der Waals surface area contributed by atoms with Crippen LogP contribution in [-0.2, 0) is 9.59 Å². The first-order chi connectivity index (χ1) is 10.0. The SMILES string of the molecule is CC(C)C(=O)N1CCN([C@H](C(N)=O)c2ccccc2)CC1. The van der Waals surface area contributed by atoms with Crippen molar-refractivity contribution in [3.63, 3.8) is 0 Å². The van der Waals surface area contributed by atoms with Crippen molar-refractivity contribution in [3.05, 3.63) is 35.9 Å². The quantitative estimate of drug-likeness (QED) is 0.899. The Morgan fingerprint density at radius 2 is 1.62 bits per heavy atom. The van der Waals surface area contributed by atoms with E-state index in [1.807, 2.05) is 49.1 Å².